The van der Waals surface area contributed by atoms with E-state index in [9.17, 15) is 4.79 Å². The van der Waals surface area contributed by atoms with Crippen LogP contribution in [0.15, 0.2) is 91.1 Å². The number of hydrogen-bond donors (Lipinski definition) is 0. The molecular formula is C24H18N2O2. The van der Waals surface area contributed by atoms with Gasteiger partial charge in [0, 0.05) is 11.1 Å². The van der Waals surface area contributed by atoms with E-state index in [0.29, 0.717) is 11.4 Å². The lowest BCUT2D eigenvalue weighted by Crippen LogP contribution is -2.12. The first-order valence-electron chi connectivity index (χ1n) is 8.97. The molecule has 28 heavy (non-hydrogen) atoms. The van der Waals surface area contributed by atoms with Gasteiger partial charge in [-0.1, -0.05) is 72.8 Å². The summed E-state index contributed by atoms with van der Waals surface area (Å²) in [6.07, 6.45) is 1.47. The number of benzene rings is 3. The highest BCUT2D eigenvalue weighted by Crippen LogP contribution is 2.28. The lowest BCUT2D eigenvalue weighted by molar-refractivity contribution is 0.0728. The average molecular weight is 366 g/mol. The van der Waals surface area contributed by atoms with Crippen LogP contribution in [-0.4, -0.2) is 15.9 Å². The van der Waals surface area contributed by atoms with Crippen molar-refractivity contribution in [2.24, 2.45) is 0 Å². The Bertz CT molecular complexity index is 1110. The summed E-state index contributed by atoms with van der Waals surface area (Å²) in [5.41, 5.74) is 4.37. The predicted molar refractivity (Wildman–Crippen MR) is 109 cm³/mol. The van der Waals surface area contributed by atoms with E-state index >= 15 is 0 Å². The summed E-state index contributed by atoms with van der Waals surface area (Å²) >= 11 is 0. The molecule has 0 aliphatic rings. The van der Waals surface area contributed by atoms with E-state index in [-0.39, 0.29) is 5.69 Å². The fourth-order valence-corrected chi connectivity index (χ4v) is 2.93. The van der Waals surface area contributed by atoms with E-state index in [1.807, 2.05) is 85.8 Å². The van der Waals surface area contributed by atoms with Crippen LogP contribution >= 0.6 is 0 Å². The van der Waals surface area contributed by atoms with E-state index < -0.39 is 5.97 Å². The molecular weight excluding hydrogens is 348 g/mol. The third-order valence-corrected chi connectivity index (χ3v) is 4.28. The maximum absolute atomic E-state index is 12.6. The smallest absolute Gasteiger partial charge is 0.363 e. The molecule has 4 heteroatoms. The number of rotatable bonds is 4. The Morgan fingerprint density at radius 2 is 1.43 bits per heavy atom. The summed E-state index contributed by atoms with van der Waals surface area (Å²) in [5.74, 6) is -0.0462. The first kappa shape index (κ1) is 17.6. The Morgan fingerprint density at radius 3 is 2.07 bits per heavy atom. The van der Waals surface area contributed by atoms with Crippen LogP contribution in [0.4, 0.5) is 0 Å². The van der Waals surface area contributed by atoms with Gasteiger partial charge in [-0.15, -0.1) is 0 Å². The molecule has 0 radical (unpaired) electrons. The molecule has 1 aromatic heterocycles. The normalized spacial score (nSPS) is 10.5. The van der Waals surface area contributed by atoms with Crippen LogP contribution in [0.5, 0.6) is 5.75 Å². The Hall–Kier alpha value is -3.79. The third-order valence-electron chi connectivity index (χ3n) is 4.28. The van der Waals surface area contributed by atoms with Crippen molar-refractivity contribution in [1.29, 1.82) is 0 Å². The van der Waals surface area contributed by atoms with Gasteiger partial charge in [-0.05, 0) is 24.6 Å². The van der Waals surface area contributed by atoms with Gasteiger partial charge in [0.1, 0.15) is 5.75 Å². The minimum absolute atomic E-state index is 0.167. The molecule has 4 nitrogen and oxygen atoms in total. The van der Waals surface area contributed by atoms with Crippen molar-refractivity contribution >= 4 is 5.97 Å². The lowest BCUT2D eigenvalue weighted by atomic mass is 10.0. The molecule has 0 spiro atoms. The van der Waals surface area contributed by atoms with Crippen molar-refractivity contribution in [2.75, 3.05) is 0 Å². The number of ether oxygens (including phenoxy) is 1. The first-order valence-corrected chi connectivity index (χ1v) is 8.97. The molecule has 4 rings (SSSR count). The summed E-state index contributed by atoms with van der Waals surface area (Å²) < 4.78 is 5.48. The first-order chi connectivity index (χ1) is 13.7. The molecule has 0 saturated carbocycles. The second-order valence-corrected chi connectivity index (χ2v) is 6.39. The van der Waals surface area contributed by atoms with Crippen LogP contribution < -0.4 is 4.74 Å². The number of esters is 1. The summed E-state index contributed by atoms with van der Waals surface area (Å²) in [5, 5.41) is 0. The van der Waals surface area contributed by atoms with E-state index in [1.54, 1.807) is 6.07 Å². The van der Waals surface area contributed by atoms with Crippen molar-refractivity contribution in [1.82, 2.24) is 9.97 Å². The quantitative estimate of drug-likeness (QED) is 0.361. The maximum Gasteiger partial charge on any atom is 0.363 e. The minimum Gasteiger partial charge on any atom is -0.422 e. The van der Waals surface area contributed by atoms with Gasteiger partial charge in [-0.2, -0.15) is 0 Å². The van der Waals surface area contributed by atoms with Crippen molar-refractivity contribution in [3.8, 4) is 28.3 Å². The topological polar surface area (TPSA) is 52.1 Å². The summed E-state index contributed by atoms with van der Waals surface area (Å²) in [6, 6.07) is 26.8. The molecule has 0 N–H and O–H groups in total. The number of nitrogens with zero attached hydrogens (tertiary/aromatic N) is 2. The van der Waals surface area contributed by atoms with Crippen LogP contribution in [-0.2, 0) is 0 Å². The maximum atomic E-state index is 12.6. The molecule has 136 valence electrons. The van der Waals surface area contributed by atoms with Gasteiger partial charge < -0.3 is 4.74 Å². The number of carbonyl (C=O) groups excluding carboxylic acids is 1. The number of hydrogen-bond acceptors (Lipinski definition) is 4. The molecule has 0 amide bonds. The van der Waals surface area contributed by atoms with Gasteiger partial charge in [-0.3, -0.25) is 4.98 Å². The highest BCUT2D eigenvalue weighted by atomic mass is 16.5. The molecule has 0 aliphatic carbocycles. The number of carbonyl (C=O) groups is 1. The van der Waals surface area contributed by atoms with E-state index in [4.69, 9.17) is 4.74 Å². The largest absolute Gasteiger partial charge is 0.422 e. The summed E-state index contributed by atoms with van der Waals surface area (Å²) in [7, 11) is 0. The van der Waals surface area contributed by atoms with Crippen LogP contribution in [0.3, 0.4) is 0 Å². The van der Waals surface area contributed by atoms with Gasteiger partial charge >= 0.3 is 5.97 Å². The zero-order valence-electron chi connectivity index (χ0n) is 15.4. The van der Waals surface area contributed by atoms with Gasteiger partial charge in [-0.25, -0.2) is 9.78 Å². The molecule has 0 unspecified atom stereocenters. The van der Waals surface area contributed by atoms with Crippen LogP contribution in [0.25, 0.3) is 22.5 Å². The highest BCUT2D eigenvalue weighted by Gasteiger charge is 2.17. The van der Waals surface area contributed by atoms with Gasteiger partial charge in [0.05, 0.1) is 17.6 Å². The fourth-order valence-electron chi connectivity index (χ4n) is 2.93. The molecule has 0 atom stereocenters. The summed E-state index contributed by atoms with van der Waals surface area (Å²) in [6.45, 7) is 1.94. The third kappa shape index (κ3) is 3.81. The number of aryl methyl sites for hydroxylation is 1. The molecule has 0 bridgehead atoms. The Kier molecular flexibility index (Phi) is 4.93. The number of aromatic nitrogens is 2. The van der Waals surface area contributed by atoms with Crippen LogP contribution in [0.2, 0.25) is 0 Å². The van der Waals surface area contributed by atoms with E-state index in [0.717, 1.165) is 22.4 Å². The van der Waals surface area contributed by atoms with Crippen molar-refractivity contribution in [3.05, 3.63) is 102 Å². The van der Waals surface area contributed by atoms with Crippen molar-refractivity contribution in [3.63, 3.8) is 0 Å². The predicted octanol–water partition coefficient (Wildman–Crippen LogP) is 5.34. The molecule has 4 aromatic rings. The van der Waals surface area contributed by atoms with Crippen LogP contribution in [0, 0.1) is 6.92 Å². The van der Waals surface area contributed by atoms with Crippen LogP contribution in [0.1, 0.15) is 16.1 Å². The fraction of sp³-hybridized carbons (Fsp3) is 0.0417. The Labute approximate surface area is 163 Å². The molecule has 0 aliphatic heterocycles. The van der Waals surface area contributed by atoms with Gasteiger partial charge in [0.2, 0.25) is 0 Å². The van der Waals surface area contributed by atoms with Gasteiger partial charge in [0.15, 0.2) is 5.69 Å². The molecule has 1 heterocycles. The molecule has 3 aromatic carbocycles. The molecule has 0 saturated heterocycles. The monoisotopic (exact) mass is 366 g/mol. The van der Waals surface area contributed by atoms with Gasteiger partial charge in [0.25, 0.3) is 0 Å². The second-order valence-electron chi connectivity index (χ2n) is 6.39. The SMILES string of the molecule is Cc1cccc(OC(=O)c2cnc(-c3ccccc3)c(-c3ccccc3)n2)c1. The highest BCUT2D eigenvalue weighted by molar-refractivity contribution is 5.90. The van der Waals surface area contributed by atoms with E-state index in [1.165, 1.54) is 6.20 Å². The average Bonchev–Trinajstić information content (AvgIpc) is 2.74. The zero-order valence-corrected chi connectivity index (χ0v) is 15.4. The second kappa shape index (κ2) is 7.84. The van der Waals surface area contributed by atoms with Crippen molar-refractivity contribution < 1.29 is 9.53 Å². The Morgan fingerprint density at radius 1 is 0.786 bits per heavy atom. The Balaban J connectivity index is 1.75. The van der Waals surface area contributed by atoms with E-state index in [2.05, 4.69) is 9.97 Å². The summed E-state index contributed by atoms with van der Waals surface area (Å²) in [4.78, 5) is 21.8. The molecule has 0 fully saturated rings. The van der Waals surface area contributed by atoms with Crippen molar-refractivity contribution in [2.45, 2.75) is 6.92 Å². The standard InChI is InChI=1S/C24H18N2O2/c1-17-9-8-14-20(15-17)28-24(27)21-16-25-22(18-10-4-2-5-11-18)23(26-21)19-12-6-3-7-13-19/h2-16H,1H3. The minimum atomic E-state index is -0.533. The zero-order chi connectivity index (χ0) is 19.3. The lowest BCUT2D eigenvalue weighted by Gasteiger charge is -2.11.